The Balaban J connectivity index is 1.85. The highest BCUT2D eigenvalue weighted by molar-refractivity contribution is 8.18. The van der Waals surface area contributed by atoms with E-state index in [9.17, 15) is 9.90 Å². The number of nitrogens with zero attached hydrogens (tertiary/aromatic N) is 2. The van der Waals surface area contributed by atoms with E-state index in [4.69, 9.17) is 0 Å². The minimum absolute atomic E-state index is 0.105. The number of benzene rings is 2. The minimum atomic E-state index is -0.105. The number of hydrogen-bond donors (Lipinski definition) is 1. The Kier molecular flexibility index (Phi) is 5.71. The van der Waals surface area contributed by atoms with Crippen LogP contribution in [-0.4, -0.2) is 27.6 Å². The monoisotopic (exact) mass is 362 g/mol. The van der Waals surface area contributed by atoms with Gasteiger partial charge < -0.3 is 5.11 Å². The zero-order chi connectivity index (χ0) is 18.4. The summed E-state index contributed by atoms with van der Waals surface area (Å²) >= 11 is 1.31. The lowest BCUT2D eigenvalue weighted by Gasteiger charge is -2.12. The van der Waals surface area contributed by atoms with E-state index in [-0.39, 0.29) is 11.7 Å². The van der Waals surface area contributed by atoms with Crippen molar-refractivity contribution in [2.75, 3.05) is 6.54 Å². The summed E-state index contributed by atoms with van der Waals surface area (Å²) in [5.41, 5.74) is 1.66. The van der Waals surface area contributed by atoms with Crippen LogP contribution in [0.15, 0.2) is 89.3 Å². The van der Waals surface area contributed by atoms with Gasteiger partial charge in [0.15, 0.2) is 5.17 Å². The fraction of sp³-hybridized carbons (Fsp3) is 0.0476. The molecule has 0 aliphatic carbocycles. The molecule has 5 heteroatoms. The molecule has 1 fully saturated rings. The first kappa shape index (κ1) is 17.8. The number of amides is 1. The third-order valence-electron chi connectivity index (χ3n) is 3.59. The Morgan fingerprint density at radius 3 is 2.69 bits per heavy atom. The number of carbonyl (C=O) groups excluding carboxylic acids is 1. The molecule has 0 aromatic heterocycles. The number of phenolic OH excluding ortho intramolecular Hbond substituents is 1. The van der Waals surface area contributed by atoms with Gasteiger partial charge in [-0.1, -0.05) is 54.6 Å². The highest BCUT2D eigenvalue weighted by atomic mass is 32.2. The summed E-state index contributed by atoms with van der Waals surface area (Å²) in [4.78, 5) is 19.3. The molecule has 0 atom stereocenters. The lowest BCUT2D eigenvalue weighted by atomic mass is 10.2. The molecule has 0 radical (unpaired) electrons. The van der Waals surface area contributed by atoms with Crippen LogP contribution in [0.2, 0.25) is 0 Å². The van der Waals surface area contributed by atoms with Crippen molar-refractivity contribution in [3.63, 3.8) is 0 Å². The van der Waals surface area contributed by atoms with E-state index in [1.165, 1.54) is 11.8 Å². The third-order valence-corrected chi connectivity index (χ3v) is 4.61. The first-order valence-electron chi connectivity index (χ1n) is 8.09. The predicted molar refractivity (Wildman–Crippen MR) is 108 cm³/mol. The Morgan fingerprint density at radius 2 is 1.96 bits per heavy atom. The Morgan fingerprint density at radius 1 is 1.15 bits per heavy atom. The van der Waals surface area contributed by atoms with Crippen molar-refractivity contribution in [1.29, 1.82) is 0 Å². The highest BCUT2D eigenvalue weighted by Gasteiger charge is 2.32. The zero-order valence-corrected chi connectivity index (χ0v) is 14.9. The second-order valence-corrected chi connectivity index (χ2v) is 6.53. The van der Waals surface area contributed by atoms with Crippen molar-refractivity contribution in [2.24, 2.45) is 4.99 Å². The lowest BCUT2D eigenvalue weighted by Crippen LogP contribution is -2.29. The fourth-order valence-corrected chi connectivity index (χ4v) is 3.34. The number of hydrogen-bond acceptors (Lipinski definition) is 4. The summed E-state index contributed by atoms with van der Waals surface area (Å²) in [6.45, 7) is 4.09. The van der Waals surface area contributed by atoms with Gasteiger partial charge in [0.2, 0.25) is 0 Å². The maximum atomic E-state index is 12.6. The Bertz CT molecular complexity index is 901. The number of carbonyl (C=O) groups is 1. The van der Waals surface area contributed by atoms with Crippen LogP contribution in [0.3, 0.4) is 0 Å². The van der Waals surface area contributed by atoms with Crippen LogP contribution in [0.5, 0.6) is 5.75 Å². The first-order valence-corrected chi connectivity index (χ1v) is 8.91. The van der Waals surface area contributed by atoms with Crippen LogP contribution in [0.4, 0.5) is 5.69 Å². The van der Waals surface area contributed by atoms with E-state index in [2.05, 4.69) is 11.6 Å². The van der Waals surface area contributed by atoms with Crippen molar-refractivity contribution in [3.05, 3.63) is 89.9 Å². The zero-order valence-electron chi connectivity index (χ0n) is 14.1. The van der Waals surface area contributed by atoms with Crippen LogP contribution in [0.1, 0.15) is 5.56 Å². The summed E-state index contributed by atoms with van der Waals surface area (Å²) in [6.07, 6.45) is 7.27. The summed E-state index contributed by atoms with van der Waals surface area (Å²) in [6, 6.07) is 16.5. The predicted octanol–water partition coefficient (Wildman–Crippen LogP) is 4.74. The van der Waals surface area contributed by atoms with E-state index in [1.807, 2.05) is 42.5 Å². The number of allylic oxidation sites excluding steroid dienone is 2. The van der Waals surface area contributed by atoms with Gasteiger partial charge in [-0.25, -0.2) is 4.99 Å². The molecule has 0 spiro atoms. The molecule has 1 aliphatic heterocycles. The van der Waals surface area contributed by atoms with Gasteiger partial charge in [0.1, 0.15) is 5.75 Å². The van der Waals surface area contributed by atoms with Crippen molar-refractivity contribution in [3.8, 4) is 5.75 Å². The molecular formula is C21H18N2O2S. The lowest BCUT2D eigenvalue weighted by molar-refractivity contribution is -0.121. The van der Waals surface area contributed by atoms with Gasteiger partial charge in [-0.05, 0) is 35.5 Å². The van der Waals surface area contributed by atoms with E-state index in [0.29, 0.717) is 22.3 Å². The molecular weight excluding hydrogens is 344 g/mol. The van der Waals surface area contributed by atoms with Gasteiger partial charge in [0.25, 0.3) is 5.91 Å². The van der Waals surface area contributed by atoms with Crippen molar-refractivity contribution in [1.82, 2.24) is 4.90 Å². The molecule has 3 rings (SSSR count). The van der Waals surface area contributed by atoms with Crippen LogP contribution in [-0.2, 0) is 4.79 Å². The first-order chi connectivity index (χ1) is 12.7. The molecule has 0 unspecified atom stereocenters. The Labute approximate surface area is 156 Å². The second kappa shape index (κ2) is 8.36. The van der Waals surface area contributed by atoms with Gasteiger partial charge >= 0.3 is 0 Å². The van der Waals surface area contributed by atoms with E-state index < -0.39 is 0 Å². The molecule has 4 nitrogen and oxygen atoms in total. The van der Waals surface area contributed by atoms with Gasteiger partial charge in [-0.2, -0.15) is 0 Å². The van der Waals surface area contributed by atoms with Gasteiger partial charge in [0, 0.05) is 12.6 Å². The minimum Gasteiger partial charge on any atom is -0.508 e. The molecule has 130 valence electrons. The van der Waals surface area contributed by atoms with Crippen LogP contribution in [0, 0.1) is 0 Å². The fourth-order valence-electron chi connectivity index (χ4n) is 2.38. The van der Waals surface area contributed by atoms with Crippen molar-refractivity contribution in [2.45, 2.75) is 0 Å². The SMILES string of the molecule is C=CCN1C(=O)/C(=C\C=C\c2ccccc2)SC1=Nc1cccc(O)c1. The average molecular weight is 362 g/mol. The summed E-state index contributed by atoms with van der Waals surface area (Å²) < 4.78 is 0. The van der Waals surface area contributed by atoms with E-state index >= 15 is 0 Å². The molecule has 26 heavy (non-hydrogen) atoms. The molecule has 1 amide bonds. The molecule has 2 aromatic rings. The van der Waals surface area contributed by atoms with Gasteiger partial charge in [-0.15, -0.1) is 6.58 Å². The maximum absolute atomic E-state index is 12.6. The highest BCUT2D eigenvalue weighted by Crippen LogP contribution is 2.33. The topological polar surface area (TPSA) is 52.9 Å². The van der Waals surface area contributed by atoms with Crippen LogP contribution in [0.25, 0.3) is 6.08 Å². The van der Waals surface area contributed by atoms with Gasteiger partial charge in [-0.3, -0.25) is 9.69 Å². The number of rotatable bonds is 5. The summed E-state index contributed by atoms with van der Waals surface area (Å²) in [7, 11) is 0. The largest absolute Gasteiger partial charge is 0.508 e. The number of phenols is 1. The Hall–Kier alpha value is -3.05. The third kappa shape index (κ3) is 4.32. The average Bonchev–Trinajstić information content (AvgIpc) is 2.92. The number of aliphatic imine (C=N–C) groups is 1. The number of amidine groups is 1. The normalized spacial score (nSPS) is 17.5. The smallest absolute Gasteiger partial charge is 0.267 e. The molecule has 0 bridgehead atoms. The standard InChI is InChI=1S/C21H18N2O2S/c1-2-14-23-20(25)19(13-6-10-16-8-4-3-5-9-16)26-21(23)22-17-11-7-12-18(24)15-17/h2-13,15,24H,1,14H2/b10-6+,19-13+,22-21?. The molecule has 1 aliphatic rings. The van der Waals surface area contributed by atoms with Crippen LogP contribution < -0.4 is 0 Å². The molecule has 1 N–H and O–H groups in total. The van der Waals surface area contributed by atoms with E-state index in [1.54, 1.807) is 41.3 Å². The summed E-state index contributed by atoms with van der Waals surface area (Å²) in [5.74, 6) is 0.0320. The molecule has 2 aromatic carbocycles. The quantitative estimate of drug-likeness (QED) is 0.617. The van der Waals surface area contributed by atoms with E-state index in [0.717, 1.165) is 5.56 Å². The van der Waals surface area contributed by atoms with Crippen molar-refractivity contribution >= 4 is 34.6 Å². The molecule has 0 saturated carbocycles. The van der Waals surface area contributed by atoms with Crippen LogP contribution >= 0.6 is 11.8 Å². The number of aromatic hydroxyl groups is 1. The van der Waals surface area contributed by atoms with Gasteiger partial charge in [0.05, 0.1) is 10.6 Å². The maximum Gasteiger partial charge on any atom is 0.267 e. The second-order valence-electron chi connectivity index (χ2n) is 5.52. The summed E-state index contributed by atoms with van der Waals surface area (Å²) in [5, 5.41) is 10.2. The molecule has 1 saturated heterocycles. The number of thioether (sulfide) groups is 1. The van der Waals surface area contributed by atoms with Crippen molar-refractivity contribution < 1.29 is 9.90 Å². The molecule has 1 heterocycles.